The zero-order chi connectivity index (χ0) is 20.4. The van der Waals surface area contributed by atoms with E-state index in [-0.39, 0.29) is 0 Å². The van der Waals surface area contributed by atoms with E-state index in [1.54, 1.807) is 0 Å². The van der Waals surface area contributed by atoms with Crippen LogP contribution in [0.2, 0.25) is 0 Å². The average Bonchev–Trinajstić information content (AvgIpc) is 3.10. The van der Waals surface area contributed by atoms with Gasteiger partial charge in [0.1, 0.15) is 18.0 Å². The fraction of sp³-hybridized carbons (Fsp3) is 0.650. The van der Waals surface area contributed by atoms with E-state index in [4.69, 9.17) is 0 Å². The molecule has 1 saturated carbocycles. The summed E-state index contributed by atoms with van der Waals surface area (Å²) in [6, 6.07) is 1.86. The minimum Gasteiger partial charge on any atom is -0.506 e. The first-order chi connectivity index (χ1) is 13.8. The molecule has 9 heteroatoms. The minimum atomic E-state index is -4.18. The second-order valence-electron chi connectivity index (χ2n) is 9.04. The Labute approximate surface area is 170 Å². The molecule has 2 aliphatic heterocycles. The lowest BCUT2D eigenvalue weighted by molar-refractivity contribution is -0.117. The van der Waals surface area contributed by atoms with E-state index in [1.165, 1.54) is 31.7 Å². The zero-order valence-electron chi connectivity index (χ0n) is 16.3. The normalized spacial score (nSPS) is 28.1. The third-order valence-electron chi connectivity index (χ3n) is 7.36. The molecule has 7 nitrogen and oxygen atoms in total. The molecule has 0 aromatic heterocycles. The molecule has 0 bridgehead atoms. The third-order valence-corrected chi connectivity index (χ3v) is 8.73. The third kappa shape index (κ3) is 3.09. The van der Waals surface area contributed by atoms with Crippen molar-refractivity contribution in [2.24, 2.45) is 5.41 Å². The van der Waals surface area contributed by atoms with Gasteiger partial charge >= 0.3 is 10.2 Å². The summed E-state index contributed by atoms with van der Waals surface area (Å²) in [5.74, 6) is -1.90. The van der Waals surface area contributed by atoms with Crippen molar-refractivity contribution in [3.63, 3.8) is 0 Å². The molecule has 3 fully saturated rings. The monoisotopic (exact) mass is 423 g/mol. The van der Waals surface area contributed by atoms with Gasteiger partial charge in [0.2, 0.25) is 0 Å². The summed E-state index contributed by atoms with van der Waals surface area (Å²) in [5, 5.41) is 10.4. The van der Waals surface area contributed by atoms with Gasteiger partial charge < -0.3 is 5.11 Å². The van der Waals surface area contributed by atoms with Crippen LogP contribution in [0, 0.1) is 11.2 Å². The number of anilines is 1. The molecule has 0 unspecified atom stereocenters. The van der Waals surface area contributed by atoms with Crippen LogP contribution in [0.25, 0.3) is 0 Å². The van der Waals surface area contributed by atoms with Crippen molar-refractivity contribution in [1.29, 1.82) is 0 Å². The number of hydrogen-bond acceptors (Lipinski definition) is 5. The van der Waals surface area contributed by atoms with Crippen LogP contribution in [0.3, 0.4) is 0 Å². The molecule has 158 valence electrons. The van der Waals surface area contributed by atoms with E-state index in [2.05, 4.69) is 4.90 Å². The highest BCUT2D eigenvalue weighted by molar-refractivity contribution is 7.92. The van der Waals surface area contributed by atoms with Crippen LogP contribution >= 0.6 is 0 Å². The number of likely N-dealkylation sites (tertiary alicyclic amines) is 1. The summed E-state index contributed by atoms with van der Waals surface area (Å²) in [5.41, 5.74) is 1.29. The van der Waals surface area contributed by atoms with Crippen LogP contribution in [0.15, 0.2) is 6.07 Å². The molecule has 29 heavy (non-hydrogen) atoms. The molecule has 2 N–H and O–H groups in total. The van der Waals surface area contributed by atoms with E-state index in [1.807, 2.05) is 4.72 Å². The molecule has 1 atom stereocenters. The molecule has 2 aliphatic carbocycles. The van der Waals surface area contributed by atoms with Gasteiger partial charge in [-0.3, -0.25) is 9.69 Å². The zero-order valence-corrected chi connectivity index (χ0v) is 17.1. The highest BCUT2D eigenvalue weighted by Gasteiger charge is 2.44. The van der Waals surface area contributed by atoms with Crippen LogP contribution in [-0.2, 0) is 27.8 Å². The first-order valence-electron chi connectivity index (χ1n) is 10.4. The summed E-state index contributed by atoms with van der Waals surface area (Å²) in [4.78, 5) is 14.1. The Morgan fingerprint density at radius 3 is 2.59 bits per heavy atom. The molecule has 5 rings (SSSR count). The van der Waals surface area contributed by atoms with E-state index >= 15 is 4.39 Å². The van der Waals surface area contributed by atoms with Gasteiger partial charge in [0.05, 0.1) is 0 Å². The summed E-state index contributed by atoms with van der Waals surface area (Å²) < 4.78 is 42.1. The predicted octanol–water partition coefficient (Wildman–Crippen LogP) is 1.84. The number of phenols is 1. The van der Waals surface area contributed by atoms with Gasteiger partial charge in [-0.05, 0) is 74.1 Å². The maximum absolute atomic E-state index is 15.4. The van der Waals surface area contributed by atoms with E-state index in [0.717, 1.165) is 31.5 Å². The van der Waals surface area contributed by atoms with Crippen LogP contribution in [0.1, 0.15) is 49.7 Å². The first kappa shape index (κ1) is 19.1. The first-order valence-corrected chi connectivity index (χ1v) is 11.8. The minimum absolute atomic E-state index is 0.381. The Hall–Kier alpha value is -1.87. The van der Waals surface area contributed by atoms with Gasteiger partial charge in [-0.2, -0.15) is 8.42 Å². The summed E-state index contributed by atoms with van der Waals surface area (Å²) in [7, 11) is -4.18. The number of aryl methyl sites for hydroxylation is 1. The highest BCUT2D eigenvalue weighted by atomic mass is 32.2. The smallest absolute Gasteiger partial charge is 0.326 e. The van der Waals surface area contributed by atoms with Crippen molar-refractivity contribution in [2.45, 2.75) is 57.4 Å². The Balaban J connectivity index is 1.41. The number of carbonyl (C=O) groups is 1. The highest BCUT2D eigenvalue weighted by Crippen LogP contribution is 2.49. The number of nitrogens with zero attached hydrogens (tertiary/aromatic N) is 2. The molecule has 1 spiro atoms. The lowest BCUT2D eigenvalue weighted by atomic mass is 9.68. The summed E-state index contributed by atoms with van der Waals surface area (Å²) in [6.45, 7) is 1.71. The predicted molar refractivity (Wildman–Crippen MR) is 105 cm³/mol. The number of carbonyl (C=O) groups excluding carboxylic acids is 1. The van der Waals surface area contributed by atoms with Gasteiger partial charge in [0.15, 0.2) is 5.82 Å². The SMILES string of the molecule is O=C1CN(c2c(O)cc3c(c2F)CC[C@H](N2CCC4(CCC4)C2)CC3)S(=O)(=O)N1. The summed E-state index contributed by atoms with van der Waals surface area (Å²) >= 11 is 0. The van der Waals surface area contributed by atoms with Gasteiger partial charge in [-0.1, -0.05) is 6.42 Å². The lowest BCUT2D eigenvalue weighted by Gasteiger charge is -2.39. The number of phenolic OH excluding ortho intramolecular Hbond substituents is 1. The van der Waals surface area contributed by atoms with Gasteiger partial charge in [0, 0.05) is 12.6 Å². The number of nitrogens with one attached hydrogen (secondary N) is 1. The molecular formula is C20H26FN3O4S. The van der Waals surface area contributed by atoms with Gasteiger partial charge in [0.25, 0.3) is 5.91 Å². The molecule has 2 heterocycles. The van der Waals surface area contributed by atoms with E-state index < -0.39 is 39.9 Å². The number of hydrogen-bond donors (Lipinski definition) is 2. The van der Waals surface area contributed by atoms with Crippen LogP contribution < -0.4 is 9.03 Å². The molecule has 0 radical (unpaired) electrons. The molecule has 1 aromatic rings. The van der Waals surface area contributed by atoms with Gasteiger partial charge in [-0.25, -0.2) is 13.4 Å². The quantitative estimate of drug-likeness (QED) is 0.709. The molecule has 1 amide bonds. The maximum atomic E-state index is 15.4. The van der Waals surface area contributed by atoms with Crippen LogP contribution in [-0.4, -0.2) is 50.0 Å². The Morgan fingerprint density at radius 1 is 1.21 bits per heavy atom. The average molecular weight is 424 g/mol. The van der Waals surface area contributed by atoms with Crippen molar-refractivity contribution in [1.82, 2.24) is 9.62 Å². The Bertz CT molecular complexity index is 976. The standard InChI is InChI=1S/C20H26FN3O4S/c21-18-15-5-4-14(23-9-8-20(12-23)6-1-7-20)3-2-13(15)10-16(25)19(18)24-11-17(26)22-29(24,27)28/h10,14,25H,1-9,11-12H2,(H,22,26)/t14-/m1/s1. The number of aromatic hydroxyl groups is 1. The van der Waals surface area contributed by atoms with Crippen molar-refractivity contribution in [2.75, 3.05) is 23.9 Å². The number of rotatable bonds is 2. The van der Waals surface area contributed by atoms with Crippen LogP contribution in [0.5, 0.6) is 5.75 Å². The van der Waals surface area contributed by atoms with E-state index in [0.29, 0.717) is 34.2 Å². The lowest BCUT2D eigenvalue weighted by Crippen LogP contribution is -2.38. The second-order valence-corrected chi connectivity index (χ2v) is 10.6. The summed E-state index contributed by atoms with van der Waals surface area (Å²) in [6.07, 6.45) is 8.09. The van der Waals surface area contributed by atoms with Crippen molar-refractivity contribution < 1.29 is 22.7 Å². The number of benzene rings is 1. The Morgan fingerprint density at radius 2 is 1.97 bits per heavy atom. The molecular weight excluding hydrogens is 397 g/mol. The molecule has 1 aromatic carbocycles. The Kier molecular flexibility index (Phi) is 4.33. The van der Waals surface area contributed by atoms with E-state index in [9.17, 15) is 18.3 Å². The van der Waals surface area contributed by atoms with Crippen molar-refractivity contribution in [3.05, 3.63) is 23.0 Å². The topological polar surface area (TPSA) is 90.0 Å². The largest absolute Gasteiger partial charge is 0.506 e. The fourth-order valence-electron chi connectivity index (χ4n) is 5.60. The van der Waals surface area contributed by atoms with Crippen molar-refractivity contribution >= 4 is 21.8 Å². The fourth-order valence-corrected chi connectivity index (χ4v) is 6.77. The number of halogens is 1. The molecule has 4 aliphatic rings. The van der Waals surface area contributed by atoms with Crippen LogP contribution in [0.4, 0.5) is 10.1 Å². The maximum Gasteiger partial charge on any atom is 0.326 e. The van der Waals surface area contributed by atoms with Gasteiger partial charge in [-0.15, -0.1) is 0 Å². The number of amides is 1. The second kappa shape index (κ2) is 6.57. The molecule has 2 saturated heterocycles. The van der Waals surface area contributed by atoms with Crippen molar-refractivity contribution in [3.8, 4) is 5.75 Å². The number of fused-ring (bicyclic) bond motifs is 1.